The van der Waals surface area contributed by atoms with Crippen LogP contribution in [0.15, 0.2) is 24.3 Å². The van der Waals surface area contributed by atoms with Crippen molar-refractivity contribution in [2.24, 2.45) is 0 Å². The molecule has 0 aliphatic heterocycles. The minimum atomic E-state index is -0.961. The van der Waals surface area contributed by atoms with Crippen molar-refractivity contribution in [1.29, 1.82) is 0 Å². The van der Waals surface area contributed by atoms with Crippen LogP contribution in [-0.4, -0.2) is 47.4 Å². The number of benzene rings is 1. The maximum absolute atomic E-state index is 12.0. The molecule has 0 aliphatic carbocycles. The molecule has 1 aromatic carbocycles. The second kappa shape index (κ2) is 7.42. The summed E-state index contributed by atoms with van der Waals surface area (Å²) in [6.07, 6.45) is -0.875. The van der Waals surface area contributed by atoms with Crippen LogP contribution in [-0.2, 0) is 9.59 Å². The molecule has 1 rings (SSSR count). The zero-order valence-corrected chi connectivity index (χ0v) is 12.3. The zero-order valence-electron chi connectivity index (χ0n) is 12.3. The molecule has 1 aromatic rings. The van der Waals surface area contributed by atoms with E-state index < -0.39 is 12.1 Å². The molecule has 0 bridgehead atoms. The van der Waals surface area contributed by atoms with E-state index in [0.717, 1.165) is 0 Å². The normalized spacial score (nSPS) is 11.6. The van der Waals surface area contributed by atoms with Gasteiger partial charge in [-0.2, -0.15) is 0 Å². The summed E-state index contributed by atoms with van der Waals surface area (Å²) in [5.74, 6) is -0.935. The lowest BCUT2D eigenvalue weighted by Crippen LogP contribution is -2.39. The van der Waals surface area contributed by atoms with Crippen molar-refractivity contribution < 1.29 is 24.2 Å². The fraction of sp³-hybridized carbons (Fsp3) is 0.400. The van der Waals surface area contributed by atoms with Gasteiger partial charge in [0.15, 0.2) is 11.9 Å². The third kappa shape index (κ3) is 5.25. The summed E-state index contributed by atoms with van der Waals surface area (Å²) in [7, 11) is 1.52. The van der Waals surface area contributed by atoms with Gasteiger partial charge in [-0.1, -0.05) is 12.1 Å². The lowest BCUT2D eigenvalue weighted by Gasteiger charge is -2.21. The summed E-state index contributed by atoms with van der Waals surface area (Å²) in [4.78, 5) is 35.1. The number of amides is 1. The maximum atomic E-state index is 12.0. The highest BCUT2D eigenvalue weighted by Gasteiger charge is 2.19. The minimum absolute atomic E-state index is 0.0852. The van der Waals surface area contributed by atoms with E-state index in [4.69, 9.17) is 9.84 Å². The number of nitrogens with zero attached hydrogens (tertiary/aromatic N) is 1. The van der Waals surface area contributed by atoms with E-state index in [1.54, 1.807) is 31.2 Å². The van der Waals surface area contributed by atoms with Gasteiger partial charge < -0.3 is 14.7 Å². The van der Waals surface area contributed by atoms with Gasteiger partial charge in [0, 0.05) is 19.2 Å². The van der Waals surface area contributed by atoms with Crippen molar-refractivity contribution in [3.63, 3.8) is 0 Å². The number of ketones is 1. The van der Waals surface area contributed by atoms with E-state index >= 15 is 0 Å². The van der Waals surface area contributed by atoms with Crippen LogP contribution in [0.2, 0.25) is 0 Å². The molecule has 1 amide bonds. The van der Waals surface area contributed by atoms with E-state index in [0.29, 0.717) is 11.3 Å². The molecular formula is C15H19NO5. The predicted octanol–water partition coefficient (Wildman–Crippen LogP) is 1.59. The quantitative estimate of drug-likeness (QED) is 0.772. The Morgan fingerprint density at radius 2 is 2.00 bits per heavy atom. The average Bonchev–Trinajstić information content (AvgIpc) is 2.44. The van der Waals surface area contributed by atoms with Gasteiger partial charge >= 0.3 is 5.97 Å². The Balaban J connectivity index is 2.65. The van der Waals surface area contributed by atoms with Crippen LogP contribution < -0.4 is 4.74 Å². The lowest BCUT2D eigenvalue weighted by molar-refractivity contribution is -0.140. The number of carboxylic acid groups (broad SMARTS) is 1. The summed E-state index contributed by atoms with van der Waals surface area (Å²) < 4.78 is 5.50. The topological polar surface area (TPSA) is 83.9 Å². The number of likely N-dealkylation sites (N-methyl/N-ethyl adjacent to an activating group) is 1. The van der Waals surface area contributed by atoms with Crippen LogP contribution in [0.25, 0.3) is 0 Å². The average molecular weight is 293 g/mol. The first kappa shape index (κ1) is 16.7. The Morgan fingerprint density at radius 3 is 2.57 bits per heavy atom. The van der Waals surface area contributed by atoms with Crippen LogP contribution in [0.5, 0.6) is 5.75 Å². The molecule has 0 heterocycles. The summed E-state index contributed by atoms with van der Waals surface area (Å²) in [5, 5.41) is 8.60. The second-order valence-electron chi connectivity index (χ2n) is 4.75. The van der Waals surface area contributed by atoms with Gasteiger partial charge in [-0.05, 0) is 26.0 Å². The van der Waals surface area contributed by atoms with Crippen molar-refractivity contribution in [3.8, 4) is 5.75 Å². The van der Waals surface area contributed by atoms with E-state index in [9.17, 15) is 14.4 Å². The highest BCUT2D eigenvalue weighted by molar-refractivity contribution is 5.94. The van der Waals surface area contributed by atoms with Gasteiger partial charge in [-0.3, -0.25) is 14.4 Å². The van der Waals surface area contributed by atoms with E-state index in [1.807, 2.05) is 0 Å². The van der Waals surface area contributed by atoms with E-state index in [-0.39, 0.29) is 24.7 Å². The third-order valence-corrected chi connectivity index (χ3v) is 2.94. The van der Waals surface area contributed by atoms with Crippen molar-refractivity contribution in [2.75, 3.05) is 13.6 Å². The molecule has 0 saturated heterocycles. The lowest BCUT2D eigenvalue weighted by atomic mass is 10.1. The number of hydrogen-bond acceptors (Lipinski definition) is 4. The molecular weight excluding hydrogens is 274 g/mol. The molecule has 6 nitrogen and oxygen atoms in total. The Bertz CT molecular complexity index is 541. The first-order valence-electron chi connectivity index (χ1n) is 6.55. The highest BCUT2D eigenvalue weighted by atomic mass is 16.5. The van der Waals surface area contributed by atoms with Crippen LogP contribution in [0, 0.1) is 0 Å². The van der Waals surface area contributed by atoms with E-state index in [2.05, 4.69) is 0 Å². The Hall–Kier alpha value is -2.37. The predicted molar refractivity (Wildman–Crippen MR) is 76.4 cm³/mol. The molecule has 0 spiro atoms. The zero-order chi connectivity index (χ0) is 16.0. The second-order valence-corrected chi connectivity index (χ2v) is 4.75. The molecule has 0 aromatic heterocycles. The summed E-state index contributed by atoms with van der Waals surface area (Å²) in [6, 6.07) is 6.58. The first-order valence-corrected chi connectivity index (χ1v) is 6.55. The number of rotatable bonds is 7. The fourth-order valence-electron chi connectivity index (χ4n) is 1.73. The molecule has 0 saturated carbocycles. The minimum Gasteiger partial charge on any atom is -0.481 e. The Kier molecular flexibility index (Phi) is 5.90. The smallest absolute Gasteiger partial charge is 0.305 e. The van der Waals surface area contributed by atoms with Crippen molar-refractivity contribution in [1.82, 2.24) is 4.90 Å². The van der Waals surface area contributed by atoms with Gasteiger partial charge in [-0.15, -0.1) is 0 Å². The Morgan fingerprint density at radius 1 is 1.33 bits per heavy atom. The monoisotopic (exact) mass is 293 g/mol. The van der Waals surface area contributed by atoms with E-state index in [1.165, 1.54) is 18.9 Å². The third-order valence-electron chi connectivity index (χ3n) is 2.94. The van der Waals surface area contributed by atoms with Gasteiger partial charge in [0.05, 0.1) is 6.42 Å². The van der Waals surface area contributed by atoms with Gasteiger partial charge in [0.1, 0.15) is 5.75 Å². The van der Waals surface area contributed by atoms with Crippen LogP contribution in [0.4, 0.5) is 0 Å². The molecule has 0 radical (unpaired) electrons. The molecule has 114 valence electrons. The Labute approximate surface area is 123 Å². The van der Waals surface area contributed by atoms with Crippen LogP contribution in [0.1, 0.15) is 30.6 Å². The SMILES string of the molecule is CC(=O)c1cccc(OC(C)C(=O)N(C)CCC(=O)O)c1. The molecule has 0 fully saturated rings. The van der Waals surface area contributed by atoms with Crippen LogP contribution in [0.3, 0.4) is 0 Å². The fourth-order valence-corrected chi connectivity index (χ4v) is 1.73. The largest absolute Gasteiger partial charge is 0.481 e. The maximum Gasteiger partial charge on any atom is 0.305 e. The van der Waals surface area contributed by atoms with Crippen molar-refractivity contribution >= 4 is 17.7 Å². The molecule has 1 N–H and O–H groups in total. The number of carboxylic acids is 1. The number of ether oxygens (including phenoxy) is 1. The van der Waals surface area contributed by atoms with Crippen molar-refractivity contribution in [2.45, 2.75) is 26.4 Å². The first-order chi connectivity index (χ1) is 9.81. The summed E-state index contributed by atoms with van der Waals surface area (Å²) in [6.45, 7) is 3.16. The number of carbonyl (C=O) groups excluding carboxylic acids is 2. The molecule has 21 heavy (non-hydrogen) atoms. The molecule has 1 unspecified atom stereocenters. The van der Waals surface area contributed by atoms with Gasteiger partial charge in [0.25, 0.3) is 5.91 Å². The standard InChI is InChI=1S/C15H19NO5/c1-10(17)12-5-4-6-13(9-12)21-11(2)15(20)16(3)8-7-14(18)19/h4-6,9,11H,7-8H2,1-3H3,(H,18,19). The van der Waals surface area contributed by atoms with Gasteiger partial charge in [0.2, 0.25) is 0 Å². The number of Topliss-reactive ketones (excluding diaryl/α,β-unsaturated/α-hetero) is 1. The number of aliphatic carboxylic acids is 1. The number of hydrogen-bond donors (Lipinski definition) is 1. The molecule has 6 heteroatoms. The highest BCUT2D eigenvalue weighted by Crippen LogP contribution is 2.16. The van der Waals surface area contributed by atoms with Gasteiger partial charge in [-0.25, -0.2) is 0 Å². The molecule has 0 aliphatic rings. The van der Waals surface area contributed by atoms with Crippen LogP contribution >= 0.6 is 0 Å². The van der Waals surface area contributed by atoms with Crippen molar-refractivity contribution in [3.05, 3.63) is 29.8 Å². The molecule has 1 atom stereocenters. The number of carbonyl (C=O) groups is 3. The summed E-state index contributed by atoms with van der Waals surface area (Å²) >= 11 is 0. The summed E-state index contributed by atoms with van der Waals surface area (Å²) in [5.41, 5.74) is 0.506.